The summed E-state index contributed by atoms with van der Waals surface area (Å²) in [6.07, 6.45) is 7.19. The fraction of sp³-hybridized carbons (Fsp3) is 0.486. The molecule has 2 fully saturated rings. The summed E-state index contributed by atoms with van der Waals surface area (Å²) in [5.74, 6) is -0.363. The van der Waals surface area contributed by atoms with Crippen molar-refractivity contribution in [1.29, 1.82) is 0 Å². The van der Waals surface area contributed by atoms with Crippen molar-refractivity contribution in [2.24, 2.45) is 0 Å². The highest BCUT2D eigenvalue weighted by Gasteiger charge is 2.38. The smallest absolute Gasteiger partial charge is 0.150 e. The van der Waals surface area contributed by atoms with Crippen molar-refractivity contribution in [1.82, 2.24) is 29.4 Å². The van der Waals surface area contributed by atoms with Gasteiger partial charge in [0.1, 0.15) is 0 Å². The van der Waals surface area contributed by atoms with Gasteiger partial charge in [-0.25, -0.2) is 9.36 Å². The van der Waals surface area contributed by atoms with E-state index in [-0.39, 0.29) is 17.6 Å². The number of benzene rings is 2. The lowest BCUT2D eigenvalue weighted by molar-refractivity contribution is -0.123. The maximum atomic E-state index is 15.4. The first-order chi connectivity index (χ1) is 22.2. The van der Waals surface area contributed by atoms with E-state index in [1.165, 1.54) is 38.5 Å². The number of nitrogens with zero attached hydrogens (tertiary/aromatic N) is 6. The zero-order chi connectivity index (χ0) is 32.4. The third-order valence-corrected chi connectivity index (χ3v) is 10.5. The van der Waals surface area contributed by atoms with Gasteiger partial charge in [0, 0.05) is 45.6 Å². The quantitative estimate of drug-likeness (QED) is 0.172. The van der Waals surface area contributed by atoms with Crippen LogP contribution in [0, 0.1) is 27.7 Å². The molecule has 2 aromatic carbocycles. The van der Waals surface area contributed by atoms with E-state index in [4.69, 9.17) is 33.4 Å². The Morgan fingerprint density at radius 1 is 0.609 bits per heavy atom. The number of piperidine rings is 2. The predicted molar refractivity (Wildman–Crippen MR) is 187 cm³/mol. The molecule has 0 radical (unpaired) electrons. The van der Waals surface area contributed by atoms with E-state index < -0.39 is 0 Å². The number of aryl methyl sites for hydroxylation is 2. The van der Waals surface area contributed by atoms with Gasteiger partial charge in [-0.05, 0) is 128 Å². The number of rotatable bonds is 10. The Hall–Kier alpha value is -2.97. The second-order valence-electron chi connectivity index (χ2n) is 13.2. The number of hydrogen-bond acceptors (Lipinski definition) is 5. The van der Waals surface area contributed by atoms with Crippen LogP contribution >= 0.6 is 23.2 Å². The molecule has 2 aromatic heterocycles. The van der Waals surface area contributed by atoms with E-state index in [1.54, 1.807) is 0 Å². The van der Waals surface area contributed by atoms with Crippen LogP contribution in [0.3, 0.4) is 0 Å². The standard InChI is InChI=1S/C37H46Cl2N6O/c1-25-35(27(3)44(40-25)31-15-11-29(38)12-16-31)33(23-42-19-7-5-8-20-42)37(46)34(24-43-21-9-6-10-22-43)36-26(2)41-45(28(36)4)32-17-13-30(39)14-18-32/h11-18,33-34H,5-10,19-24H2,1-4H3. The van der Waals surface area contributed by atoms with Crippen LogP contribution in [0.2, 0.25) is 10.0 Å². The zero-order valence-corrected chi connectivity index (χ0v) is 29.1. The van der Waals surface area contributed by atoms with E-state index in [9.17, 15) is 0 Å². The number of aromatic nitrogens is 4. The van der Waals surface area contributed by atoms with Crippen LogP contribution in [-0.2, 0) is 4.79 Å². The molecule has 0 N–H and O–H groups in total. The SMILES string of the molecule is Cc1nn(-c2ccc(Cl)cc2)c(C)c1C(CN1CCCCC1)C(=O)C(CN1CCCCC1)c1c(C)nn(-c2ccc(Cl)cc2)c1C. The maximum Gasteiger partial charge on any atom is 0.150 e. The molecule has 0 amide bonds. The summed E-state index contributed by atoms with van der Waals surface area (Å²) >= 11 is 12.5. The number of carbonyl (C=O) groups is 1. The van der Waals surface area contributed by atoms with Crippen LogP contribution in [0.15, 0.2) is 48.5 Å². The molecular weight excluding hydrogens is 615 g/mol. The Balaban J connectivity index is 1.45. The molecule has 7 nitrogen and oxygen atoms in total. The number of carbonyl (C=O) groups excluding carboxylic acids is 1. The molecule has 2 atom stereocenters. The molecule has 0 aliphatic carbocycles. The Labute approximate surface area is 283 Å². The van der Waals surface area contributed by atoms with Gasteiger partial charge in [-0.2, -0.15) is 10.2 Å². The molecule has 6 rings (SSSR count). The van der Waals surface area contributed by atoms with Gasteiger partial charge in [-0.1, -0.05) is 36.0 Å². The van der Waals surface area contributed by atoms with Crippen LogP contribution in [0.4, 0.5) is 0 Å². The summed E-state index contributed by atoms with van der Waals surface area (Å²) in [7, 11) is 0. The van der Waals surface area contributed by atoms with Gasteiger partial charge in [-0.3, -0.25) is 4.79 Å². The first-order valence-electron chi connectivity index (χ1n) is 16.8. The maximum absolute atomic E-state index is 15.4. The Morgan fingerprint density at radius 2 is 0.957 bits per heavy atom. The summed E-state index contributed by atoms with van der Waals surface area (Å²) < 4.78 is 3.96. The molecule has 2 aliphatic heterocycles. The van der Waals surface area contributed by atoms with Crippen molar-refractivity contribution in [3.05, 3.63) is 92.5 Å². The molecule has 0 bridgehead atoms. The number of likely N-dealkylation sites (tertiary alicyclic amines) is 2. The Kier molecular flexibility index (Phi) is 10.3. The lowest BCUT2D eigenvalue weighted by Crippen LogP contribution is -2.41. The molecule has 46 heavy (non-hydrogen) atoms. The minimum atomic E-state index is -0.313. The van der Waals surface area contributed by atoms with Gasteiger partial charge in [0.15, 0.2) is 5.78 Å². The minimum absolute atomic E-state index is 0.264. The molecule has 2 aliphatic rings. The topological polar surface area (TPSA) is 59.2 Å². The predicted octanol–water partition coefficient (Wildman–Crippen LogP) is 8.01. The summed E-state index contributed by atoms with van der Waals surface area (Å²) in [5.41, 5.74) is 7.83. The lowest BCUT2D eigenvalue weighted by atomic mass is 9.81. The van der Waals surface area contributed by atoms with Gasteiger partial charge in [0.05, 0.1) is 34.6 Å². The van der Waals surface area contributed by atoms with Crippen molar-refractivity contribution in [2.75, 3.05) is 39.3 Å². The number of halogens is 2. The lowest BCUT2D eigenvalue weighted by Gasteiger charge is -2.34. The minimum Gasteiger partial charge on any atom is -0.302 e. The van der Waals surface area contributed by atoms with Crippen molar-refractivity contribution in [3.63, 3.8) is 0 Å². The van der Waals surface area contributed by atoms with Gasteiger partial charge in [0.25, 0.3) is 0 Å². The van der Waals surface area contributed by atoms with Crippen LogP contribution in [0.5, 0.6) is 0 Å². The third-order valence-electron chi connectivity index (χ3n) is 10.00. The van der Waals surface area contributed by atoms with Gasteiger partial charge < -0.3 is 9.80 Å². The average Bonchev–Trinajstić information content (AvgIpc) is 3.53. The molecule has 2 unspecified atom stereocenters. The van der Waals surface area contributed by atoms with Crippen molar-refractivity contribution < 1.29 is 4.79 Å². The Bertz CT molecular complexity index is 1520. The first-order valence-corrected chi connectivity index (χ1v) is 17.6. The summed E-state index contributed by atoms with van der Waals surface area (Å²) in [6, 6.07) is 15.5. The second-order valence-corrected chi connectivity index (χ2v) is 14.0. The highest BCUT2D eigenvalue weighted by Crippen LogP contribution is 2.36. The third kappa shape index (κ3) is 6.98. The summed E-state index contributed by atoms with van der Waals surface area (Å²) in [6.45, 7) is 13.8. The number of Topliss-reactive ketones (excluding diaryl/α,β-unsaturated/α-hetero) is 1. The monoisotopic (exact) mass is 660 g/mol. The highest BCUT2D eigenvalue weighted by atomic mass is 35.5. The first kappa shape index (κ1) is 33.0. The van der Waals surface area contributed by atoms with Crippen LogP contribution in [0.25, 0.3) is 11.4 Å². The van der Waals surface area contributed by atoms with Crippen LogP contribution < -0.4 is 0 Å². The van der Waals surface area contributed by atoms with Crippen LogP contribution in [0.1, 0.15) is 84.3 Å². The van der Waals surface area contributed by atoms with Crippen molar-refractivity contribution in [3.8, 4) is 11.4 Å². The fourth-order valence-corrected chi connectivity index (χ4v) is 7.93. The number of hydrogen-bond donors (Lipinski definition) is 0. The molecule has 244 valence electrons. The van der Waals surface area contributed by atoms with E-state index >= 15 is 4.79 Å². The molecular formula is C37H46Cl2N6O. The highest BCUT2D eigenvalue weighted by molar-refractivity contribution is 6.30. The fourth-order valence-electron chi connectivity index (χ4n) is 7.68. The Morgan fingerprint density at radius 3 is 1.30 bits per heavy atom. The number of ketones is 1. The van der Waals surface area contributed by atoms with E-state index in [0.29, 0.717) is 23.1 Å². The summed E-state index contributed by atoms with van der Waals surface area (Å²) in [4.78, 5) is 20.4. The summed E-state index contributed by atoms with van der Waals surface area (Å²) in [5, 5.41) is 11.4. The largest absolute Gasteiger partial charge is 0.302 e. The average molecular weight is 662 g/mol. The molecule has 4 aromatic rings. The van der Waals surface area contributed by atoms with Gasteiger partial charge in [0.2, 0.25) is 0 Å². The zero-order valence-electron chi connectivity index (χ0n) is 27.6. The van der Waals surface area contributed by atoms with Crippen molar-refractivity contribution in [2.45, 2.75) is 78.1 Å². The van der Waals surface area contributed by atoms with Gasteiger partial charge >= 0.3 is 0 Å². The molecule has 9 heteroatoms. The molecule has 0 spiro atoms. The molecule has 4 heterocycles. The van der Waals surface area contributed by atoms with E-state index in [0.717, 1.165) is 71.5 Å². The van der Waals surface area contributed by atoms with E-state index in [2.05, 4.69) is 37.5 Å². The van der Waals surface area contributed by atoms with E-state index in [1.807, 2.05) is 57.9 Å². The second kappa shape index (κ2) is 14.4. The normalized spacial score (nSPS) is 17.7. The molecule has 0 saturated carbocycles. The van der Waals surface area contributed by atoms with Gasteiger partial charge in [-0.15, -0.1) is 0 Å². The van der Waals surface area contributed by atoms with Crippen molar-refractivity contribution >= 4 is 29.0 Å². The molecule has 2 saturated heterocycles. The van der Waals surface area contributed by atoms with Crippen LogP contribution in [-0.4, -0.2) is 74.4 Å².